The molecule has 0 amide bonds. The van der Waals surface area contributed by atoms with E-state index in [-0.39, 0.29) is 0 Å². The van der Waals surface area contributed by atoms with Crippen LogP contribution in [0.2, 0.25) is 0 Å². The Morgan fingerprint density at radius 2 is 1.53 bits per heavy atom. The first kappa shape index (κ1) is 14.3. The van der Waals surface area contributed by atoms with E-state index in [1.807, 2.05) is 0 Å². The molecule has 0 fully saturated rings. The fourth-order valence-electron chi connectivity index (χ4n) is 0.980. The molecule has 94 valence electrons. The van der Waals surface area contributed by atoms with Gasteiger partial charge in [0.25, 0.3) is 0 Å². The van der Waals surface area contributed by atoms with Crippen LogP contribution in [0.25, 0.3) is 0 Å². The van der Waals surface area contributed by atoms with Gasteiger partial charge in [-0.1, -0.05) is 12.1 Å². The molecule has 0 radical (unpaired) electrons. The van der Waals surface area contributed by atoms with Crippen LogP contribution >= 0.6 is 22.6 Å². The minimum Gasteiger partial charge on any atom is -0.237 e. The van der Waals surface area contributed by atoms with Crippen molar-refractivity contribution in [1.29, 1.82) is 0 Å². The van der Waals surface area contributed by atoms with Gasteiger partial charge in [0.2, 0.25) is 0 Å². The molecule has 0 aliphatic heterocycles. The van der Waals surface area contributed by atoms with Crippen LogP contribution in [0.15, 0.2) is 29.3 Å². The van der Waals surface area contributed by atoms with Crippen molar-refractivity contribution in [3.05, 3.63) is 29.8 Å². The molecular formula is C9H4F6IN. The molecule has 0 saturated heterocycles. The summed E-state index contributed by atoms with van der Waals surface area (Å²) in [5.74, 6) is 0. The van der Waals surface area contributed by atoms with Gasteiger partial charge in [0.1, 0.15) is 0 Å². The van der Waals surface area contributed by atoms with E-state index < -0.39 is 27.3 Å². The van der Waals surface area contributed by atoms with E-state index >= 15 is 0 Å². The Labute approximate surface area is 106 Å². The predicted molar refractivity (Wildman–Crippen MR) is 58.6 cm³/mol. The summed E-state index contributed by atoms with van der Waals surface area (Å²) in [5, 5.41) is 0. The van der Waals surface area contributed by atoms with Crippen LogP contribution in [0.4, 0.5) is 32.0 Å². The number of alkyl halides is 6. The fourth-order valence-corrected chi connectivity index (χ4v) is 1.24. The maximum Gasteiger partial charge on any atom is 0.439 e. The van der Waals surface area contributed by atoms with Crippen LogP contribution in [0.1, 0.15) is 5.56 Å². The fraction of sp³-hybridized carbons (Fsp3) is 0.222. The molecule has 1 nitrogen and oxygen atoms in total. The second-order valence-corrected chi connectivity index (χ2v) is 3.94. The number of hydrogen-bond acceptors (Lipinski definition) is 1. The van der Waals surface area contributed by atoms with Crippen molar-refractivity contribution in [1.82, 2.24) is 0 Å². The maximum atomic E-state index is 12.4. The average molecular weight is 367 g/mol. The second-order valence-electron chi connectivity index (χ2n) is 2.92. The Morgan fingerprint density at radius 3 is 2.00 bits per heavy atom. The highest BCUT2D eigenvalue weighted by Crippen LogP contribution is 2.37. The molecule has 0 atom stereocenters. The standard InChI is InChI=1S/C9H4F6IN/c10-8(11,12)5-3-1-2-4-6(5)17-7(16)9(13,14)15/h1-4H. The summed E-state index contributed by atoms with van der Waals surface area (Å²) in [6.45, 7) is 0. The summed E-state index contributed by atoms with van der Waals surface area (Å²) in [6.07, 6.45) is -9.48. The van der Waals surface area contributed by atoms with Crippen molar-refractivity contribution in [3.63, 3.8) is 0 Å². The van der Waals surface area contributed by atoms with Crippen molar-refractivity contribution in [2.45, 2.75) is 12.4 Å². The van der Waals surface area contributed by atoms with Gasteiger partial charge in [0.15, 0.2) is 3.72 Å². The first-order valence-electron chi connectivity index (χ1n) is 4.10. The van der Waals surface area contributed by atoms with Crippen molar-refractivity contribution in [3.8, 4) is 0 Å². The maximum absolute atomic E-state index is 12.4. The van der Waals surface area contributed by atoms with Crippen molar-refractivity contribution in [2.24, 2.45) is 4.99 Å². The van der Waals surface area contributed by atoms with E-state index in [1.165, 1.54) is 6.07 Å². The monoisotopic (exact) mass is 367 g/mol. The molecule has 0 saturated carbocycles. The summed E-state index contributed by atoms with van der Waals surface area (Å²) in [6, 6.07) is 3.84. The number of hydrogen-bond donors (Lipinski definition) is 0. The predicted octanol–water partition coefficient (Wildman–Crippen LogP) is 4.73. The molecule has 0 aliphatic carbocycles. The topological polar surface area (TPSA) is 12.4 Å². The highest BCUT2D eigenvalue weighted by molar-refractivity contribution is 14.1. The van der Waals surface area contributed by atoms with Gasteiger partial charge in [0, 0.05) is 0 Å². The lowest BCUT2D eigenvalue weighted by atomic mass is 10.2. The van der Waals surface area contributed by atoms with Gasteiger partial charge in [0.05, 0.1) is 11.3 Å². The summed E-state index contributed by atoms with van der Waals surface area (Å²) in [7, 11) is 0. The minimum absolute atomic E-state index is 0.680. The third-order valence-corrected chi connectivity index (χ3v) is 2.51. The van der Waals surface area contributed by atoms with Gasteiger partial charge in [-0.15, -0.1) is 0 Å². The average Bonchev–Trinajstić information content (AvgIpc) is 2.15. The summed E-state index contributed by atoms with van der Waals surface area (Å²) in [5.41, 5.74) is -1.94. The normalized spacial score (nSPS) is 13.9. The Balaban J connectivity index is 3.25. The van der Waals surface area contributed by atoms with Crippen molar-refractivity contribution in [2.75, 3.05) is 0 Å². The molecule has 0 N–H and O–H groups in total. The Kier molecular flexibility index (Phi) is 4.05. The van der Waals surface area contributed by atoms with Crippen molar-refractivity contribution < 1.29 is 26.3 Å². The lowest BCUT2D eigenvalue weighted by Gasteiger charge is -2.10. The number of halogens is 7. The van der Waals surface area contributed by atoms with Gasteiger partial charge in [-0.25, -0.2) is 4.99 Å². The number of para-hydroxylation sites is 1. The third kappa shape index (κ3) is 3.86. The largest absolute Gasteiger partial charge is 0.439 e. The quantitative estimate of drug-likeness (QED) is 0.387. The molecule has 1 rings (SSSR count). The molecule has 1 aromatic carbocycles. The third-order valence-electron chi connectivity index (χ3n) is 1.66. The first-order valence-corrected chi connectivity index (χ1v) is 5.18. The second kappa shape index (κ2) is 4.83. The van der Waals surface area contributed by atoms with Crippen LogP contribution in [-0.2, 0) is 6.18 Å². The first-order chi connectivity index (χ1) is 7.62. The summed E-state index contributed by atoms with van der Waals surface area (Å²) < 4.78 is 72.4. The molecule has 0 unspecified atom stereocenters. The van der Waals surface area contributed by atoms with Gasteiger partial charge < -0.3 is 0 Å². The summed E-state index contributed by atoms with van der Waals surface area (Å²) >= 11 is 0.854. The van der Waals surface area contributed by atoms with Crippen LogP contribution < -0.4 is 0 Å². The van der Waals surface area contributed by atoms with Gasteiger partial charge >= 0.3 is 12.4 Å². The van der Waals surface area contributed by atoms with Crippen LogP contribution in [0.5, 0.6) is 0 Å². The van der Waals surface area contributed by atoms with E-state index in [1.54, 1.807) is 0 Å². The SMILES string of the molecule is FC(F)(F)C(I)=Nc1ccccc1C(F)(F)F. The molecule has 8 heteroatoms. The molecule has 0 spiro atoms. The van der Waals surface area contributed by atoms with Gasteiger partial charge in [-0.05, 0) is 34.7 Å². The van der Waals surface area contributed by atoms with E-state index in [2.05, 4.69) is 4.99 Å². The highest BCUT2D eigenvalue weighted by Gasteiger charge is 2.36. The van der Waals surface area contributed by atoms with Gasteiger partial charge in [-0.3, -0.25) is 0 Å². The zero-order valence-electron chi connectivity index (χ0n) is 7.90. The van der Waals surface area contributed by atoms with Crippen molar-refractivity contribution >= 4 is 32.0 Å². The number of aliphatic imine (C=N–C) groups is 1. The Bertz CT molecular complexity index is 434. The zero-order valence-corrected chi connectivity index (χ0v) is 10.1. The molecule has 1 aromatic rings. The van der Waals surface area contributed by atoms with Crippen LogP contribution in [0.3, 0.4) is 0 Å². The minimum atomic E-state index is -4.75. The molecule has 17 heavy (non-hydrogen) atoms. The number of nitrogens with zero attached hydrogens (tertiary/aromatic N) is 1. The zero-order chi connectivity index (χ0) is 13.3. The van der Waals surface area contributed by atoms with Crippen LogP contribution in [0, 0.1) is 0 Å². The van der Waals surface area contributed by atoms with E-state index in [4.69, 9.17) is 0 Å². The lowest BCUT2D eigenvalue weighted by Crippen LogP contribution is -2.16. The number of benzene rings is 1. The lowest BCUT2D eigenvalue weighted by molar-refractivity contribution is -0.137. The Morgan fingerprint density at radius 1 is 1.00 bits per heavy atom. The Hall–Kier alpha value is -0.800. The molecular weight excluding hydrogens is 363 g/mol. The molecule has 0 heterocycles. The van der Waals surface area contributed by atoms with E-state index in [0.29, 0.717) is 6.07 Å². The highest BCUT2D eigenvalue weighted by atomic mass is 127. The smallest absolute Gasteiger partial charge is 0.237 e. The molecule has 0 aromatic heterocycles. The van der Waals surface area contributed by atoms with Crippen LogP contribution in [-0.4, -0.2) is 9.89 Å². The molecule has 0 bridgehead atoms. The summed E-state index contributed by atoms with van der Waals surface area (Å²) in [4.78, 5) is 2.96. The number of rotatable bonds is 1. The van der Waals surface area contributed by atoms with E-state index in [9.17, 15) is 26.3 Å². The van der Waals surface area contributed by atoms with E-state index in [0.717, 1.165) is 34.7 Å². The van der Waals surface area contributed by atoms with Gasteiger partial charge in [-0.2, -0.15) is 26.3 Å². The molecule has 0 aliphatic rings.